The topological polar surface area (TPSA) is 53.1 Å². The number of anilines is 1. The molecule has 0 atom stereocenters. The predicted molar refractivity (Wildman–Crippen MR) is 112 cm³/mol. The van der Waals surface area contributed by atoms with E-state index in [1.807, 2.05) is 18.2 Å². The monoisotopic (exact) mass is 359 g/mol. The number of rotatable bonds is 4. The first-order chi connectivity index (χ1) is 12.7. The molecule has 1 aliphatic carbocycles. The van der Waals surface area contributed by atoms with Crippen molar-refractivity contribution < 1.29 is 0 Å². The summed E-state index contributed by atoms with van der Waals surface area (Å²) in [6.07, 6.45) is 4.49. The van der Waals surface area contributed by atoms with Crippen molar-refractivity contribution in [3.05, 3.63) is 76.3 Å². The largest absolute Gasteiger partial charge is 0.399 e. The third kappa shape index (κ3) is 2.86. The van der Waals surface area contributed by atoms with E-state index in [-0.39, 0.29) is 0 Å². The summed E-state index contributed by atoms with van der Waals surface area (Å²) in [7, 11) is 0. The third-order valence-electron chi connectivity index (χ3n) is 4.97. The molecule has 0 spiro atoms. The molecule has 3 N–H and O–H groups in total. The van der Waals surface area contributed by atoms with Crippen molar-refractivity contribution in [1.82, 2.24) is 4.90 Å². The first-order valence-corrected chi connectivity index (χ1v) is 9.35. The van der Waals surface area contributed by atoms with Crippen LogP contribution >= 0.6 is 12.2 Å². The summed E-state index contributed by atoms with van der Waals surface area (Å²) in [6.45, 7) is 0.796. The Morgan fingerprint density at radius 1 is 1.08 bits per heavy atom. The van der Waals surface area contributed by atoms with E-state index in [0.29, 0.717) is 5.71 Å². The minimum Gasteiger partial charge on any atom is -0.399 e. The van der Waals surface area contributed by atoms with Crippen molar-refractivity contribution in [2.75, 3.05) is 12.3 Å². The zero-order valence-corrected chi connectivity index (χ0v) is 15.4. The molecule has 0 fully saturated rings. The van der Waals surface area contributed by atoms with E-state index in [1.165, 1.54) is 16.0 Å². The summed E-state index contributed by atoms with van der Waals surface area (Å²) in [5, 5.41) is 12.4. The molecule has 0 radical (unpaired) electrons. The molecule has 0 aromatic heterocycles. The summed E-state index contributed by atoms with van der Waals surface area (Å²) >= 11 is 5.09. The highest BCUT2D eigenvalue weighted by molar-refractivity contribution is 7.78. The molecule has 1 heterocycles. The van der Waals surface area contributed by atoms with Crippen molar-refractivity contribution >= 4 is 40.3 Å². The van der Waals surface area contributed by atoms with Crippen LogP contribution in [0.1, 0.15) is 24.8 Å². The number of benzene rings is 2. The molecule has 0 saturated carbocycles. The van der Waals surface area contributed by atoms with Gasteiger partial charge in [0.2, 0.25) is 0 Å². The minimum atomic E-state index is 0.683. The van der Waals surface area contributed by atoms with Crippen LogP contribution in [-0.2, 0) is 0 Å². The maximum Gasteiger partial charge on any atom is 0.0565 e. The second kappa shape index (κ2) is 6.89. The van der Waals surface area contributed by atoms with Gasteiger partial charge in [-0.2, -0.15) is 0 Å². The number of allylic oxidation sites excluding steroid dienone is 2. The first-order valence-electron chi connectivity index (χ1n) is 8.88. The molecule has 4 heteroatoms. The summed E-state index contributed by atoms with van der Waals surface area (Å²) < 4.78 is 0. The first kappa shape index (κ1) is 16.7. The van der Waals surface area contributed by atoms with Gasteiger partial charge in [-0.05, 0) is 59.2 Å². The molecule has 130 valence electrons. The van der Waals surface area contributed by atoms with Gasteiger partial charge in [-0.1, -0.05) is 48.6 Å². The number of hydrogen-bond donors (Lipinski definition) is 2. The van der Waals surface area contributed by atoms with Gasteiger partial charge in [0.1, 0.15) is 0 Å². The van der Waals surface area contributed by atoms with E-state index >= 15 is 0 Å². The average Bonchev–Trinajstić information content (AvgIpc) is 2.66. The summed E-state index contributed by atoms with van der Waals surface area (Å²) in [5.74, 6) is 0. The minimum absolute atomic E-state index is 0.683. The van der Waals surface area contributed by atoms with E-state index in [9.17, 15) is 0 Å². The number of hydrogen-bond acceptors (Lipinski definition) is 4. The Balaban J connectivity index is 2.10. The van der Waals surface area contributed by atoms with Crippen molar-refractivity contribution in [2.45, 2.75) is 19.3 Å². The Kier molecular flexibility index (Phi) is 4.43. The zero-order chi connectivity index (χ0) is 18.1. The SMILES string of the molecule is N=C1C=C2C(=c3ccc(N)cc3=C(c3ccccc3)N2CCC=S)CC1. The molecule has 0 saturated heterocycles. The van der Waals surface area contributed by atoms with E-state index < -0.39 is 0 Å². The van der Waals surface area contributed by atoms with Gasteiger partial charge in [0, 0.05) is 28.9 Å². The lowest BCUT2D eigenvalue weighted by atomic mass is 9.88. The van der Waals surface area contributed by atoms with Crippen LogP contribution in [-0.4, -0.2) is 22.5 Å². The van der Waals surface area contributed by atoms with Crippen LogP contribution in [0.5, 0.6) is 0 Å². The van der Waals surface area contributed by atoms with Crippen LogP contribution in [0.2, 0.25) is 0 Å². The van der Waals surface area contributed by atoms with Gasteiger partial charge in [-0.25, -0.2) is 0 Å². The standard InChI is InChI=1S/C22H21N3S/c23-16-7-9-18-19-10-8-17(24)14-21(19)25(11-4-12-26)22(20(18)13-16)15-5-2-1-3-6-15/h1-3,5-7,9,12-14,24H,4,8,10-11,23H2. The van der Waals surface area contributed by atoms with Crippen molar-refractivity contribution in [3.8, 4) is 0 Å². The smallest absolute Gasteiger partial charge is 0.0565 e. The average molecular weight is 359 g/mol. The van der Waals surface area contributed by atoms with E-state index in [0.717, 1.165) is 48.5 Å². The molecular weight excluding hydrogens is 338 g/mol. The fourth-order valence-corrected chi connectivity index (χ4v) is 3.94. The molecule has 0 bridgehead atoms. The fraction of sp³-hybridized carbons (Fsp3) is 0.182. The molecule has 2 aromatic rings. The number of nitrogens with one attached hydrogen (secondary N) is 1. The van der Waals surface area contributed by atoms with Crippen LogP contribution in [0.25, 0.3) is 11.3 Å². The Morgan fingerprint density at radius 2 is 1.88 bits per heavy atom. The van der Waals surface area contributed by atoms with Gasteiger partial charge in [0.15, 0.2) is 0 Å². The Morgan fingerprint density at radius 3 is 2.65 bits per heavy atom. The molecular formula is C22H21N3S. The molecule has 3 nitrogen and oxygen atoms in total. The van der Waals surface area contributed by atoms with Crippen LogP contribution in [0, 0.1) is 5.41 Å². The quantitative estimate of drug-likeness (QED) is 0.652. The number of nitrogens with two attached hydrogens (primary N) is 1. The van der Waals surface area contributed by atoms with Crippen LogP contribution in [0.3, 0.4) is 0 Å². The Hall–Kier alpha value is -2.72. The Bertz CT molecular complexity index is 1030. The summed E-state index contributed by atoms with van der Waals surface area (Å²) in [6, 6.07) is 16.6. The maximum atomic E-state index is 8.19. The van der Waals surface area contributed by atoms with Gasteiger partial charge >= 0.3 is 0 Å². The van der Waals surface area contributed by atoms with Crippen LogP contribution in [0.4, 0.5) is 5.69 Å². The van der Waals surface area contributed by atoms with Crippen molar-refractivity contribution in [3.63, 3.8) is 0 Å². The number of nitrogen functional groups attached to an aromatic ring is 1. The third-order valence-corrected chi connectivity index (χ3v) is 5.20. The highest BCUT2D eigenvalue weighted by Crippen LogP contribution is 2.33. The number of thiocarbonyl (C=S) groups is 1. The Labute approximate surface area is 158 Å². The molecule has 4 rings (SSSR count). The summed E-state index contributed by atoms with van der Waals surface area (Å²) in [5.41, 5.74) is 12.3. The van der Waals surface area contributed by atoms with Gasteiger partial charge < -0.3 is 16.0 Å². The van der Waals surface area contributed by atoms with E-state index in [2.05, 4.69) is 41.3 Å². The molecule has 26 heavy (non-hydrogen) atoms. The lowest BCUT2D eigenvalue weighted by Gasteiger charge is -2.36. The number of fused-ring (bicyclic) bond motifs is 2. The second-order valence-electron chi connectivity index (χ2n) is 6.66. The highest BCUT2D eigenvalue weighted by Gasteiger charge is 2.27. The predicted octanol–water partition coefficient (Wildman–Crippen LogP) is 2.98. The van der Waals surface area contributed by atoms with Crippen LogP contribution in [0.15, 0.2) is 60.3 Å². The lowest BCUT2D eigenvalue weighted by molar-refractivity contribution is 0.510. The second-order valence-corrected chi connectivity index (χ2v) is 6.99. The molecule has 2 aromatic carbocycles. The van der Waals surface area contributed by atoms with Crippen molar-refractivity contribution in [1.29, 1.82) is 5.41 Å². The molecule has 0 unspecified atom stereocenters. The van der Waals surface area contributed by atoms with E-state index in [1.54, 1.807) is 5.37 Å². The number of nitrogens with zero attached hydrogens (tertiary/aromatic N) is 1. The van der Waals surface area contributed by atoms with Crippen molar-refractivity contribution in [2.24, 2.45) is 0 Å². The summed E-state index contributed by atoms with van der Waals surface area (Å²) in [4.78, 5) is 2.32. The van der Waals surface area contributed by atoms with E-state index in [4.69, 9.17) is 23.4 Å². The normalized spacial score (nSPS) is 16.1. The zero-order valence-electron chi connectivity index (χ0n) is 14.5. The highest BCUT2D eigenvalue weighted by atomic mass is 32.1. The lowest BCUT2D eigenvalue weighted by Crippen LogP contribution is -2.43. The van der Waals surface area contributed by atoms with Gasteiger partial charge in [-0.3, -0.25) is 0 Å². The van der Waals surface area contributed by atoms with Crippen LogP contribution < -0.4 is 16.2 Å². The molecule has 2 aliphatic rings. The van der Waals surface area contributed by atoms with Gasteiger partial charge in [0.25, 0.3) is 0 Å². The molecule has 1 aliphatic heterocycles. The fourth-order valence-electron chi connectivity index (χ4n) is 3.83. The van der Waals surface area contributed by atoms with Gasteiger partial charge in [0.05, 0.1) is 5.70 Å². The van der Waals surface area contributed by atoms with Gasteiger partial charge in [-0.15, -0.1) is 0 Å². The molecule has 0 amide bonds. The maximum absolute atomic E-state index is 8.19.